The molecule has 0 aliphatic carbocycles. The molecule has 0 bridgehead atoms. The smallest absolute Gasteiger partial charge is 0.251 e. The summed E-state index contributed by atoms with van der Waals surface area (Å²) in [5.41, 5.74) is 1.16. The lowest BCUT2D eigenvalue weighted by atomic mass is 10.2. The number of halogens is 1. The van der Waals surface area contributed by atoms with Crippen molar-refractivity contribution in [3.8, 4) is 0 Å². The third kappa shape index (κ3) is 4.30. The van der Waals surface area contributed by atoms with Crippen LogP contribution in [0.25, 0.3) is 0 Å². The molecule has 0 aliphatic rings. The minimum absolute atomic E-state index is 0.239. The van der Waals surface area contributed by atoms with Gasteiger partial charge in [0, 0.05) is 25.5 Å². The fourth-order valence-corrected chi connectivity index (χ4v) is 1.55. The van der Waals surface area contributed by atoms with Gasteiger partial charge in [-0.25, -0.2) is 4.98 Å². The molecule has 0 aromatic carbocycles. The van der Waals surface area contributed by atoms with Gasteiger partial charge in [-0.05, 0) is 19.1 Å². The van der Waals surface area contributed by atoms with Crippen LogP contribution >= 0.6 is 11.6 Å². The Kier molecular flexibility index (Phi) is 5.34. The van der Waals surface area contributed by atoms with Crippen molar-refractivity contribution in [2.24, 2.45) is 0 Å². The van der Waals surface area contributed by atoms with Crippen molar-refractivity contribution in [3.63, 3.8) is 0 Å². The van der Waals surface area contributed by atoms with E-state index in [1.54, 1.807) is 13.0 Å². The Morgan fingerprint density at radius 1 is 1.47 bits per heavy atom. The molecule has 1 amide bonds. The first-order valence-electron chi connectivity index (χ1n) is 5.04. The van der Waals surface area contributed by atoms with Gasteiger partial charge in [-0.1, -0.05) is 11.6 Å². The molecule has 0 aliphatic heterocycles. The molecule has 1 aromatic rings. The molecular weight excluding hydrogens is 244 g/mol. The summed E-state index contributed by atoms with van der Waals surface area (Å²) in [6, 6.07) is 3.17. The lowest BCUT2D eigenvalue weighted by Gasteiger charge is -2.14. The van der Waals surface area contributed by atoms with E-state index in [9.17, 15) is 4.79 Å². The molecule has 0 saturated carbocycles. The standard InChI is InChI=1S/C11H15ClN2O3/c1-7-4-8(5-9(12)14-7)11(15)13-6-10(16-2)17-3/h4-5,10H,6H2,1-3H3,(H,13,15). The second kappa shape index (κ2) is 6.54. The molecule has 0 unspecified atom stereocenters. The first kappa shape index (κ1) is 13.9. The van der Waals surface area contributed by atoms with Gasteiger partial charge in [0.05, 0.1) is 6.54 Å². The number of aryl methyl sites for hydroxylation is 1. The first-order chi connectivity index (χ1) is 8.06. The number of rotatable bonds is 5. The fourth-order valence-electron chi connectivity index (χ4n) is 1.30. The van der Waals surface area contributed by atoms with Crippen molar-refractivity contribution >= 4 is 17.5 Å². The summed E-state index contributed by atoms with van der Waals surface area (Å²) in [4.78, 5) is 15.8. The molecule has 1 heterocycles. The number of amides is 1. The normalized spacial score (nSPS) is 10.6. The molecule has 94 valence electrons. The molecule has 6 heteroatoms. The van der Waals surface area contributed by atoms with E-state index in [1.165, 1.54) is 20.3 Å². The van der Waals surface area contributed by atoms with Crippen LogP contribution in [0, 0.1) is 6.92 Å². The van der Waals surface area contributed by atoms with Crippen LogP contribution in [0.3, 0.4) is 0 Å². The number of carbonyl (C=O) groups is 1. The monoisotopic (exact) mass is 258 g/mol. The van der Waals surface area contributed by atoms with E-state index in [0.29, 0.717) is 16.4 Å². The summed E-state index contributed by atoms with van der Waals surface area (Å²) in [5.74, 6) is -0.239. The van der Waals surface area contributed by atoms with E-state index in [0.717, 1.165) is 0 Å². The highest BCUT2D eigenvalue weighted by Gasteiger charge is 2.11. The first-order valence-corrected chi connectivity index (χ1v) is 5.42. The number of ether oxygens (including phenoxy) is 2. The van der Waals surface area contributed by atoms with Crippen LogP contribution in [0.4, 0.5) is 0 Å². The van der Waals surface area contributed by atoms with E-state index in [4.69, 9.17) is 21.1 Å². The molecule has 0 atom stereocenters. The van der Waals surface area contributed by atoms with E-state index in [1.807, 2.05) is 0 Å². The summed E-state index contributed by atoms with van der Waals surface area (Å²) >= 11 is 5.77. The SMILES string of the molecule is COC(CNC(=O)c1cc(C)nc(Cl)c1)OC. The Bertz CT molecular complexity index is 374. The van der Waals surface area contributed by atoms with Crippen molar-refractivity contribution in [3.05, 3.63) is 28.5 Å². The number of hydrogen-bond acceptors (Lipinski definition) is 4. The number of pyridine rings is 1. The minimum atomic E-state index is -0.461. The van der Waals surface area contributed by atoms with Crippen LogP contribution < -0.4 is 5.32 Å². The summed E-state index contributed by atoms with van der Waals surface area (Å²) in [7, 11) is 3.02. The van der Waals surface area contributed by atoms with Gasteiger partial charge < -0.3 is 14.8 Å². The zero-order valence-corrected chi connectivity index (χ0v) is 10.7. The molecule has 0 radical (unpaired) electrons. The Hall–Kier alpha value is -1.17. The summed E-state index contributed by atoms with van der Waals surface area (Å²) in [5, 5.41) is 2.98. The highest BCUT2D eigenvalue weighted by molar-refractivity contribution is 6.29. The molecule has 5 nitrogen and oxygen atoms in total. The molecule has 0 fully saturated rings. The zero-order chi connectivity index (χ0) is 12.8. The van der Waals surface area contributed by atoms with E-state index >= 15 is 0 Å². The van der Waals surface area contributed by atoms with Gasteiger partial charge in [0.2, 0.25) is 0 Å². The Labute approximate surface area is 105 Å². The van der Waals surface area contributed by atoms with Crippen molar-refractivity contribution in [1.29, 1.82) is 0 Å². The number of hydrogen-bond donors (Lipinski definition) is 1. The molecule has 1 rings (SSSR count). The van der Waals surface area contributed by atoms with Crippen LogP contribution in [-0.2, 0) is 9.47 Å². The van der Waals surface area contributed by atoms with Gasteiger partial charge >= 0.3 is 0 Å². The number of carbonyl (C=O) groups excluding carboxylic acids is 1. The highest BCUT2D eigenvalue weighted by atomic mass is 35.5. The van der Waals surface area contributed by atoms with Crippen LogP contribution in [-0.4, -0.2) is 37.9 Å². The third-order valence-electron chi connectivity index (χ3n) is 2.14. The van der Waals surface area contributed by atoms with Gasteiger partial charge in [0.25, 0.3) is 5.91 Å². The average Bonchev–Trinajstić information content (AvgIpc) is 2.28. The van der Waals surface area contributed by atoms with Crippen molar-refractivity contribution < 1.29 is 14.3 Å². The van der Waals surface area contributed by atoms with Crippen LogP contribution in [0.1, 0.15) is 16.1 Å². The largest absolute Gasteiger partial charge is 0.354 e. The van der Waals surface area contributed by atoms with Gasteiger partial charge in [-0.2, -0.15) is 0 Å². The minimum Gasteiger partial charge on any atom is -0.354 e. The Balaban J connectivity index is 2.63. The zero-order valence-electron chi connectivity index (χ0n) is 9.99. The summed E-state index contributed by atoms with van der Waals surface area (Å²) < 4.78 is 9.92. The highest BCUT2D eigenvalue weighted by Crippen LogP contribution is 2.10. The fraction of sp³-hybridized carbons (Fsp3) is 0.455. The number of nitrogens with one attached hydrogen (secondary N) is 1. The second-order valence-electron chi connectivity index (χ2n) is 3.43. The van der Waals surface area contributed by atoms with Crippen molar-refractivity contribution in [2.75, 3.05) is 20.8 Å². The van der Waals surface area contributed by atoms with Gasteiger partial charge in [0.15, 0.2) is 6.29 Å². The van der Waals surface area contributed by atoms with Crippen LogP contribution in [0.2, 0.25) is 5.15 Å². The molecule has 17 heavy (non-hydrogen) atoms. The number of methoxy groups -OCH3 is 2. The number of nitrogens with zero attached hydrogens (tertiary/aromatic N) is 1. The molecule has 0 spiro atoms. The van der Waals surface area contributed by atoms with Gasteiger partial charge in [0.1, 0.15) is 5.15 Å². The average molecular weight is 259 g/mol. The van der Waals surface area contributed by atoms with E-state index < -0.39 is 6.29 Å². The quantitative estimate of drug-likeness (QED) is 0.641. The molecule has 1 N–H and O–H groups in total. The predicted octanol–water partition coefficient (Wildman–Crippen LogP) is 1.39. The second-order valence-corrected chi connectivity index (χ2v) is 3.82. The van der Waals surface area contributed by atoms with Crippen molar-refractivity contribution in [1.82, 2.24) is 10.3 Å². The summed E-state index contributed by atoms with van der Waals surface area (Å²) in [6.45, 7) is 2.04. The lowest BCUT2D eigenvalue weighted by molar-refractivity contribution is -0.0974. The maximum atomic E-state index is 11.8. The topological polar surface area (TPSA) is 60.5 Å². The van der Waals surface area contributed by atoms with Gasteiger partial charge in [-0.15, -0.1) is 0 Å². The maximum absolute atomic E-state index is 11.8. The van der Waals surface area contributed by atoms with E-state index in [2.05, 4.69) is 10.3 Å². The number of aromatic nitrogens is 1. The van der Waals surface area contributed by atoms with Gasteiger partial charge in [-0.3, -0.25) is 4.79 Å². The Morgan fingerprint density at radius 2 is 2.12 bits per heavy atom. The van der Waals surface area contributed by atoms with E-state index in [-0.39, 0.29) is 12.5 Å². The van der Waals surface area contributed by atoms with Crippen LogP contribution in [0.5, 0.6) is 0 Å². The molecule has 1 aromatic heterocycles. The summed E-state index contributed by atoms with van der Waals surface area (Å²) in [6.07, 6.45) is -0.461. The lowest BCUT2D eigenvalue weighted by Crippen LogP contribution is -2.34. The molecule has 0 saturated heterocycles. The molecular formula is C11H15ClN2O3. The van der Waals surface area contributed by atoms with Crippen molar-refractivity contribution in [2.45, 2.75) is 13.2 Å². The predicted molar refractivity (Wildman–Crippen MR) is 64.1 cm³/mol. The van der Waals surface area contributed by atoms with Crippen LogP contribution in [0.15, 0.2) is 12.1 Å². The third-order valence-corrected chi connectivity index (χ3v) is 2.33. The Morgan fingerprint density at radius 3 is 2.65 bits per heavy atom. The maximum Gasteiger partial charge on any atom is 0.251 e.